The van der Waals surface area contributed by atoms with E-state index in [9.17, 15) is 13.2 Å². The average Bonchev–Trinajstić information content (AvgIpc) is 3.03. The van der Waals surface area contributed by atoms with Gasteiger partial charge in [-0.3, -0.25) is 0 Å². The number of rotatable bonds is 3. The van der Waals surface area contributed by atoms with Crippen LogP contribution in [0.5, 0.6) is 0 Å². The molecule has 6 nitrogen and oxygen atoms in total. The molecule has 0 amide bonds. The van der Waals surface area contributed by atoms with E-state index in [0.29, 0.717) is 23.3 Å². The van der Waals surface area contributed by atoms with Crippen molar-refractivity contribution >= 4 is 17.2 Å². The summed E-state index contributed by atoms with van der Waals surface area (Å²) in [7, 11) is 0. The topological polar surface area (TPSA) is 82.0 Å². The van der Waals surface area contributed by atoms with Gasteiger partial charge in [0.25, 0.3) is 0 Å². The number of halogens is 3. The van der Waals surface area contributed by atoms with E-state index in [2.05, 4.69) is 20.5 Å². The standard InChI is InChI=1S/C16H15F3N6/c1-9(11-4-6-12(7-5-11)16(17,18)19)3-8-13-10(2)21-15(20)25-14(13)22-23-24-25/h3-7H,8H2,1-2H3,(H2,20,21)/b9-3+. The van der Waals surface area contributed by atoms with Crippen molar-refractivity contribution in [2.45, 2.75) is 26.4 Å². The fraction of sp³-hybridized carbons (Fsp3) is 0.250. The third-order valence-electron chi connectivity index (χ3n) is 3.96. The van der Waals surface area contributed by atoms with Crippen molar-refractivity contribution in [1.29, 1.82) is 0 Å². The molecule has 3 aromatic rings. The van der Waals surface area contributed by atoms with Crippen molar-refractivity contribution < 1.29 is 13.2 Å². The van der Waals surface area contributed by atoms with Crippen molar-refractivity contribution in [3.05, 3.63) is 52.7 Å². The summed E-state index contributed by atoms with van der Waals surface area (Å²) in [4.78, 5) is 4.21. The summed E-state index contributed by atoms with van der Waals surface area (Å²) in [6, 6.07) is 5.06. The number of fused-ring (bicyclic) bond motifs is 1. The Kier molecular flexibility index (Phi) is 4.15. The smallest absolute Gasteiger partial charge is 0.368 e. The molecule has 25 heavy (non-hydrogen) atoms. The van der Waals surface area contributed by atoms with Crippen molar-refractivity contribution in [1.82, 2.24) is 25.0 Å². The molecule has 0 saturated heterocycles. The highest BCUT2D eigenvalue weighted by molar-refractivity contribution is 5.65. The van der Waals surface area contributed by atoms with Crippen molar-refractivity contribution in [3.8, 4) is 0 Å². The van der Waals surface area contributed by atoms with Gasteiger partial charge in [0.1, 0.15) is 0 Å². The number of nitrogens with two attached hydrogens (primary N) is 1. The quantitative estimate of drug-likeness (QED) is 0.787. The van der Waals surface area contributed by atoms with Crippen molar-refractivity contribution in [2.24, 2.45) is 0 Å². The van der Waals surface area contributed by atoms with Crippen LogP contribution in [0.15, 0.2) is 30.3 Å². The molecular weight excluding hydrogens is 333 g/mol. The minimum atomic E-state index is -4.34. The van der Waals surface area contributed by atoms with Gasteiger partial charge in [0, 0.05) is 11.3 Å². The molecule has 0 aliphatic heterocycles. The number of hydrogen-bond acceptors (Lipinski definition) is 5. The highest BCUT2D eigenvalue weighted by Crippen LogP contribution is 2.30. The minimum absolute atomic E-state index is 0.199. The fourth-order valence-corrected chi connectivity index (χ4v) is 2.51. The molecule has 0 bridgehead atoms. The number of alkyl halides is 3. The Hall–Kier alpha value is -2.97. The second kappa shape index (κ2) is 6.15. The predicted octanol–water partition coefficient (Wildman–Crippen LogP) is 3.07. The van der Waals surface area contributed by atoms with Crippen LogP contribution in [0.1, 0.15) is 29.3 Å². The van der Waals surface area contributed by atoms with Crippen LogP contribution < -0.4 is 5.73 Å². The van der Waals surface area contributed by atoms with Gasteiger partial charge in [0.05, 0.1) is 5.56 Å². The normalized spacial score (nSPS) is 12.8. The van der Waals surface area contributed by atoms with Crippen LogP contribution in [-0.2, 0) is 12.6 Å². The number of nitrogen functional groups attached to an aromatic ring is 1. The van der Waals surface area contributed by atoms with Crippen molar-refractivity contribution in [2.75, 3.05) is 5.73 Å². The molecule has 1 aromatic carbocycles. The third kappa shape index (κ3) is 3.30. The summed E-state index contributed by atoms with van der Waals surface area (Å²) >= 11 is 0. The number of allylic oxidation sites excluding steroid dienone is 2. The Bertz CT molecular complexity index is 941. The molecule has 0 saturated carbocycles. The summed E-state index contributed by atoms with van der Waals surface area (Å²) in [6.45, 7) is 3.64. The first-order valence-electron chi connectivity index (χ1n) is 7.45. The van der Waals surface area contributed by atoms with Crippen LogP contribution >= 0.6 is 0 Å². The highest BCUT2D eigenvalue weighted by Gasteiger charge is 2.29. The molecule has 0 unspecified atom stereocenters. The van der Waals surface area contributed by atoms with Crippen LogP contribution in [0.2, 0.25) is 0 Å². The van der Waals surface area contributed by atoms with E-state index >= 15 is 0 Å². The summed E-state index contributed by atoms with van der Waals surface area (Å²) in [5.41, 5.74) is 8.69. The molecule has 0 aliphatic carbocycles. The van der Waals surface area contributed by atoms with Crippen LogP contribution in [0.25, 0.3) is 11.2 Å². The van der Waals surface area contributed by atoms with Gasteiger partial charge in [-0.2, -0.15) is 17.7 Å². The lowest BCUT2D eigenvalue weighted by Crippen LogP contribution is -2.07. The third-order valence-corrected chi connectivity index (χ3v) is 3.96. The van der Waals surface area contributed by atoms with E-state index in [0.717, 1.165) is 23.3 Å². The van der Waals surface area contributed by atoms with Gasteiger partial charge in [-0.25, -0.2) is 4.98 Å². The van der Waals surface area contributed by atoms with E-state index in [1.165, 1.54) is 16.6 Å². The maximum absolute atomic E-state index is 12.6. The molecule has 0 radical (unpaired) electrons. The zero-order chi connectivity index (χ0) is 18.2. The lowest BCUT2D eigenvalue weighted by Gasteiger charge is -2.09. The van der Waals surface area contributed by atoms with Crippen LogP contribution in [0.4, 0.5) is 19.1 Å². The van der Waals surface area contributed by atoms with Gasteiger partial charge in [-0.15, -0.1) is 5.10 Å². The van der Waals surface area contributed by atoms with E-state index in [-0.39, 0.29) is 5.95 Å². The minimum Gasteiger partial charge on any atom is -0.368 e. The van der Waals surface area contributed by atoms with Crippen molar-refractivity contribution in [3.63, 3.8) is 0 Å². The lowest BCUT2D eigenvalue weighted by atomic mass is 10.0. The average molecular weight is 348 g/mol. The van der Waals surface area contributed by atoms with Gasteiger partial charge >= 0.3 is 6.18 Å². The number of aromatic nitrogens is 5. The molecule has 3 rings (SSSR count). The molecule has 2 heterocycles. The maximum Gasteiger partial charge on any atom is 0.416 e. The molecular formula is C16H15F3N6. The van der Waals surface area contributed by atoms with E-state index in [1.807, 2.05) is 19.9 Å². The zero-order valence-electron chi connectivity index (χ0n) is 13.5. The summed E-state index contributed by atoms with van der Waals surface area (Å²) in [6.07, 6.45) is -1.96. The molecule has 0 spiro atoms. The summed E-state index contributed by atoms with van der Waals surface area (Å²) < 4.78 is 39.2. The van der Waals surface area contributed by atoms with E-state index < -0.39 is 11.7 Å². The second-order valence-electron chi connectivity index (χ2n) is 5.61. The van der Waals surface area contributed by atoms with Gasteiger partial charge < -0.3 is 5.73 Å². The van der Waals surface area contributed by atoms with E-state index in [4.69, 9.17) is 5.73 Å². The number of benzene rings is 1. The first-order valence-corrected chi connectivity index (χ1v) is 7.45. The molecule has 2 aromatic heterocycles. The highest BCUT2D eigenvalue weighted by atomic mass is 19.4. The molecule has 9 heteroatoms. The molecule has 0 atom stereocenters. The lowest BCUT2D eigenvalue weighted by molar-refractivity contribution is -0.137. The first kappa shape index (κ1) is 16.9. The molecule has 2 N–H and O–H groups in total. The fourth-order valence-electron chi connectivity index (χ4n) is 2.51. The van der Waals surface area contributed by atoms with Gasteiger partial charge in [-0.05, 0) is 54.0 Å². The van der Waals surface area contributed by atoms with Gasteiger partial charge in [-0.1, -0.05) is 18.2 Å². The van der Waals surface area contributed by atoms with E-state index in [1.54, 1.807) is 0 Å². The Morgan fingerprint density at radius 2 is 1.92 bits per heavy atom. The van der Waals surface area contributed by atoms with Crippen LogP contribution in [0.3, 0.4) is 0 Å². The number of aryl methyl sites for hydroxylation is 1. The zero-order valence-corrected chi connectivity index (χ0v) is 13.5. The molecule has 0 aliphatic rings. The Morgan fingerprint density at radius 3 is 2.56 bits per heavy atom. The monoisotopic (exact) mass is 348 g/mol. The van der Waals surface area contributed by atoms with Crippen LogP contribution in [-0.4, -0.2) is 25.0 Å². The Balaban J connectivity index is 1.88. The summed E-state index contributed by atoms with van der Waals surface area (Å²) in [5, 5.41) is 11.3. The largest absolute Gasteiger partial charge is 0.416 e. The SMILES string of the molecule is C/C(=C\Cc1c(C)nc(N)n2nnnc12)c1ccc(C(F)(F)F)cc1. The first-order chi connectivity index (χ1) is 11.8. The van der Waals surface area contributed by atoms with Gasteiger partial charge in [0.2, 0.25) is 5.95 Å². The molecule has 130 valence electrons. The maximum atomic E-state index is 12.6. The Labute approximate surface area is 141 Å². The summed E-state index contributed by atoms with van der Waals surface area (Å²) in [5.74, 6) is 0.199. The predicted molar refractivity (Wildman–Crippen MR) is 86.5 cm³/mol. The molecule has 0 fully saturated rings. The van der Waals surface area contributed by atoms with Crippen LogP contribution in [0, 0.1) is 6.92 Å². The van der Waals surface area contributed by atoms with Gasteiger partial charge in [0.15, 0.2) is 5.65 Å². The number of hydrogen-bond donors (Lipinski definition) is 1. The number of anilines is 1. The number of nitrogens with zero attached hydrogens (tertiary/aromatic N) is 5. The Morgan fingerprint density at radius 1 is 1.24 bits per heavy atom. The number of tetrazole rings is 1. The second-order valence-corrected chi connectivity index (χ2v) is 5.61.